The molecule has 4 aromatic heterocycles. The number of nitrogens with zero attached hydrogens (tertiary/aromatic N) is 8. The van der Waals surface area contributed by atoms with Crippen LogP contribution in [-0.4, -0.2) is 149 Å². The summed E-state index contributed by atoms with van der Waals surface area (Å²) in [4.78, 5) is 51.0. The van der Waals surface area contributed by atoms with Gasteiger partial charge in [-0.15, -0.1) is 0 Å². The van der Waals surface area contributed by atoms with Crippen molar-refractivity contribution in [1.82, 2.24) is 49.2 Å². The molecule has 0 spiro atoms. The summed E-state index contributed by atoms with van der Waals surface area (Å²) < 4.78 is 81.4. The number of aliphatic hydroxyl groups is 2. The Morgan fingerprint density at radius 3 is 1.32 bits per heavy atom. The van der Waals surface area contributed by atoms with Crippen molar-refractivity contribution in [3.8, 4) is 11.5 Å². The molecule has 0 radical (unpaired) electrons. The van der Waals surface area contributed by atoms with Crippen molar-refractivity contribution >= 4 is 82.8 Å². The lowest BCUT2D eigenvalue weighted by atomic mass is 9.98. The maximum absolute atomic E-state index is 16.0. The molecular weight excluding hydrogens is 1120 g/mol. The van der Waals surface area contributed by atoms with Crippen molar-refractivity contribution in [2.45, 2.75) is 142 Å². The Balaban J connectivity index is 0.000000231. The van der Waals surface area contributed by atoms with Crippen LogP contribution >= 0.6 is 13.3 Å². The second-order valence-corrected chi connectivity index (χ2v) is 26.0. The Morgan fingerprint density at radius 1 is 0.650 bits per heavy atom. The highest BCUT2D eigenvalue weighted by Gasteiger charge is 2.57. The van der Waals surface area contributed by atoms with Gasteiger partial charge in [0.15, 0.2) is 57.8 Å². The molecule has 0 aliphatic carbocycles. The first-order chi connectivity index (χ1) is 37.7. The first-order valence-electron chi connectivity index (χ1n) is 25.5. The first kappa shape index (κ1) is 62.1. The largest absolute Gasteiger partial charge is 0.462 e. The second kappa shape index (κ2) is 25.8. The number of carbonyl (C=O) groups excluding carboxylic acids is 2. The molecule has 0 amide bonds. The molecule has 6 N–H and O–H groups in total. The predicted molar refractivity (Wildman–Crippen MR) is 300 cm³/mol. The monoisotopic (exact) mass is 1190 g/mol. The third-order valence-electron chi connectivity index (χ3n) is 12.3. The van der Waals surface area contributed by atoms with Crippen LogP contribution in [0, 0.1) is 13.8 Å². The van der Waals surface area contributed by atoms with Gasteiger partial charge in [0.2, 0.25) is 0 Å². The van der Waals surface area contributed by atoms with E-state index in [1.54, 1.807) is 118 Å². The molecule has 24 nitrogen and oxygen atoms in total. The summed E-state index contributed by atoms with van der Waals surface area (Å²) in [5, 5.41) is 33.7. The zero-order valence-electron chi connectivity index (χ0n) is 46.1. The van der Waals surface area contributed by atoms with E-state index in [9.17, 15) is 19.8 Å². The second-order valence-electron chi connectivity index (χ2n) is 19.7. The maximum atomic E-state index is 16.0. The number of hydrogen-bond donors (Lipinski definition) is 6. The number of alkyl halides is 2. The van der Waals surface area contributed by atoms with Crippen LogP contribution in [-0.2, 0) is 61.2 Å². The summed E-state index contributed by atoms with van der Waals surface area (Å²) in [7, 11) is 3.39. The number of hydrogen-bond acceptors (Lipinski definition) is 22. The number of aryl methyl sites for hydroxylation is 2. The third kappa shape index (κ3) is 14.4. The zero-order valence-corrected chi connectivity index (χ0v) is 49.6. The van der Waals surface area contributed by atoms with Crippen LogP contribution in [0.4, 0.5) is 20.4 Å². The number of para-hydroxylation sites is 2. The van der Waals surface area contributed by atoms with Gasteiger partial charge in [0.05, 0.1) is 38.1 Å². The number of halogens is 2. The van der Waals surface area contributed by atoms with E-state index in [1.807, 2.05) is 12.1 Å². The van der Waals surface area contributed by atoms with Gasteiger partial charge in [-0.2, -0.15) is 0 Å². The van der Waals surface area contributed by atoms with Gasteiger partial charge < -0.3 is 57.9 Å². The number of nitrogens with one attached hydrogen (secondary N) is 4. The van der Waals surface area contributed by atoms with Crippen LogP contribution in [0.2, 0.25) is 0 Å². The number of rotatable bonds is 22. The average Bonchev–Trinajstić information content (AvgIpc) is 4.23. The van der Waals surface area contributed by atoms with Gasteiger partial charge in [0, 0.05) is 14.1 Å². The number of aromatic nitrogens is 8. The molecule has 0 saturated carbocycles. The van der Waals surface area contributed by atoms with Crippen LogP contribution in [0.1, 0.15) is 79.5 Å². The van der Waals surface area contributed by atoms with Gasteiger partial charge in [-0.1, -0.05) is 36.4 Å². The molecule has 2 fully saturated rings. The fourth-order valence-corrected chi connectivity index (χ4v) is 13.3. The molecule has 30 heteroatoms. The summed E-state index contributed by atoms with van der Waals surface area (Å²) in [6.45, 7) is 8.45. The molecule has 2 saturated heterocycles. The first-order valence-corrected chi connectivity index (χ1v) is 30.7. The zero-order chi connectivity index (χ0) is 58.5. The maximum Gasteiger partial charge on any atom is 0.323 e. The van der Waals surface area contributed by atoms with E-state index in [0.717, 1.165) is 0 Å². The van der Waals surface area contributed by atoms with Gasteiger partial charge in [0.1, 0.15) is 59.6 Å². The van der Waals surface area contributed by atoms with Gasteiger partial charge >= 0.3 is 25.2 Å². The molecule has 2 aliphatic heterocycles. The Morgan fingerprint density at radius 2 is 1.00 bits per heavy atom. The molecule has 436 valence electrons. The molecule has 2 aliphatic rings. The summed E-state index contributed by atoms with van der Waals surface area (Å²) in [5.41, 5.74) is -2.94. The Kier molecular flexibility index (Phi) is 20.0. The van der Waals surface area contributed by atoms with Crippen molar-refractivity contribution in [1.29, 1.82) is 0 Å². The fourth-order valence-electron chi connectivity index (χ4n) is 8.46. The average molecular weight is 1190 g/mol. The fraction of sp³-hybridized carbons (Fsp3) is 0.520. The van der Waals surface area contributed by atoms with Gasteiger partial charge in [-0.05, 0) is 117 Å². The third-order valence-corrected chi connectivity index (χ3v) is 17.3. The Labute approximate surface area is 471 Å². The number of fused-ring (bicyclic) bond motifs is 2. The van der Waals surface area contributed by atoms with Crippen molar-refractivity contribution in [3.63, 3.8) is 0 Å². The number of esters is 2. The van der Waals surface area contributed by atoms with Gasteiger partial charge in [-0.25, -0.2) is 48.9 Å². The number of imidazole rings is 2. The summed E-state index contributed by atoms with van der Waals surface area (Å²) >= 11 is 11.4. The molecule has 8 rings (SSSR count). The number of anilines is 2. The van der Waals surface area contributed by atoms with Crippen molar-refractivity contribution in [2.24, 2.45) is 0 Å². The van der Waals surface area contributed by atoms with E-state index >= 15 is 8.78 Å². The quantitative estimate of drug-likeness (QED) is 0.0300. The van der Waals surface area contributed by atoms with E-state index in [4.69, 9.17) is 60.7 Å². The number of aliphatic hydroxyl groups excluding tert-OH is 2. The molecule has 0 bridgehead atoms. The molecule has 6 heterocycles. The van der Waals surface area contributed by atoms with Gasteiger partial charge in [0.25, 0.3) is 0 Å². The van der Waals surface area contributed by atoms with Crippen LogP contribution < -0.4 is 29.9 Å². The van der Waals surface area contributed by atoms with Crippen LogP contribution in [0.5, 0.6) is 11.5 Å². The lowest BCUT2D eigenvalue weighted by Gasteiger charge is -2.28. The highest BCUT2D eigenvalue weighted by Crippen LogP contribution is 2.50. The highest BCUT2D eigenvalue weighted by atomic mass is 32.5. The molecular formula is C50H68F2N12O12P2S2. The Hall–Kier alpha value is -5.48. The van der Waals surface area contributed by atoms with E-state index in [1.165, 1.54) is 35.6 Å². The summed E-state index contributed by atoms with van der Waals surface area (Å²) in [5.74, 6) is 1.60. The van der Waals surface area contributed by atoms with Crippen LogP contribution in [0.3, 0.4) is 0 Å². The molecule has 12 atom stereocenters. The van der Waals surface area contributed by atoms with Crippen LogP contribution in [0.25, 0.3) is 22.3 Å². The number of carbonyl (C=O) groups is 2. The highest BCUT2D eigenvalue weighted by molar-refractivity contribution is 8.09. The van der Waals surface area contributed by atoms with Crippen molar-refractivity contribution in [2.75, 3.05) is 37.9 Å². The molecule has 80 heavy (non-hydrogen) atoms. The minimum Gasteiger partial charge on any atom is -0.462 e. The van der Waals surface area contributed by atoms with Crippen molar-refractivity contribution < 1.29 is 65.6 Å². The normalized spacial score (nSPS) is 25.1. The lowest BCUT2D eigenvalue weighted by molar-refractivity contribution is -0.149. The minimum absolute atomic E-state index is 0.329. The topological polar surface area (TPSA) is 284 Å². The predicted octanol–water partition coefficient (Wildman–Crippen LogP) is 6.83. The van der Waals surface area contributed by atoms with E-state index < -0.39 is 85.5 Å². The number of ether oxygens (including phenoxy) is 4. The summed E-state index contributed by atoms with van der Waals surface area (Å²) in [6.07, 6.45) is -5.88. The van der Waals surface area contributed by atoms with Crippen LogP contribution in [0.15, 0.2) is 73.3 Å². The smallest absolute Gasteiger partial charge is 0.323 e. The van der Waals surface area contributed by atoms with Crippen molar-refractivity contribution in [3.05, 3.63) is 85.0 Å². The lowest BCUT2D eigenvalue weighted by Crippen LogP contribution is -2.41. The molecule has 6 aromatic rings. The Bertz CT molecular complexity index is 3000. The standard InChI is InChI=1S/2C25H34FN6O6PS/c2*1-14(2)36-23(34)15(3)31-39(40,38-17-10-8-7-9-11-17)35-12-18-20(33)25(5,26)24(37-18)32-13-28-19-21(27-6)29-16(4)30-22(19)32/h2*7-11,13-15,18,20,24,33H,12H2,1-6H3,(H,31,40)(H,27,29,30)/t15-,18+,20+,24+,25+,39?;15-,18-,20-,24-,25-,39?/m01/s1. The number of benzene rings is 2. The van der Waals surface area contributed by atoms with Gasteiger partial charge in [-0.3, -0.25) is 18.7 Å². The van der Waals surface area contributed by atoms with E-state index in [2.05, 4.69) is 50.7 Å². The van der Waals surface area contributed by atoms with E-state index in [-0.39, 0.29) is 25.4 Å². The molecule has 2 aromatic carbocycles. The van der Waals surface area contributed by atoms with E-state index in [0.29, 0.717) is 57.1 Å². The molecule has 2 unspecified atom stereocenters. The summed E-state index contributed by atoms with van der Waals surface area (Å²) in [6, 6.07) is 15.7. The minimum atomic E-state index is -3.43. The SMILES string of the molecule is CNc1nc(C)nc2c1ncn2[C@@H]1O[C@H](COP(=S)(N[C@@H](C)C(=O)OC(C)C)Oc2ccccc2)[C@@H](O)[C@@]1(C)F.CNc1nc(C)nc2c1ncn2[C@@H]1O[C@H](COP(=S)(N[C@H](C)C(=O)OC(C)C)Oc2ccccc2)[C@@H](O)[C@@]1(C)F.